The molecule has 2 nitrogen and oxygen atoms in total. The van der Waals surface area contributed by atoms with E-state index in [-0.39, 0.29) is 5.56 Å². The predicted octanol–water partition coefficient (Wildman–Crippen LogP) is 3.09. The summed E-state index contributed by atoms with van der Waals surface area (Å²) in [6.07, 6.45) is -4.06. The van der Waals surface area contributed by atoms with Crippen LogP contribution >= 0.6 is 0 Å². The summed E-state index contributed by atoms with van der Waals surface area (Å²) in [5, 5.41) is 0. The molecule has 86 valence electrons. The van der Waals surface area contributed by atoms with Crippen molar-refractivity contribution in [3.63, 3.8) is 0 Å². The molecular formula is C10H6F4O2. The number of carbonyl (C=O) groups excluding carboxylic acids is 1. The highest BCUT2D eigenvalue weighted by Gasteiger charge is 2.31. The van der Waals surface area contributed by atoms with Crippen molar-refractivity contribution in [3.8, 4) is 5.75 Å². The summed E-state index contributed by atoms with van der Waals surface area (Å²) in [6.45, 7) is 3.14. The van der Waals surface area contributed by atoms with Gasteiger partial charge in [-0.15, -0.1) is 13.2 Å². The van der Waals surface area contributed by atoms with E-state index in [2.05, 4.69) is 11.3 Å². The van der Waals surface area contributed by atoms with Gasteiger partial charge in [0.25, 0.3) is 0 Å². The van der Waals surface area contributed by atoms with Gasteiger partial charge in [-0.2, -0.15) is 0 Å². The molecule has 0 atom stereocenters. The van der Waals surface area contributed by atoms with E-state index in [1.54, 1.807) is 0 Å². The first-order chi connectivity index (χ1) is 7.31. The van der Waals surface area contributed by atoms with Gasteiger partial charge < -0.3 is 4.74 Å². The van der Waals surface area contributed by atoms with Crippen LogP contribution in [0.25, 0.3) is 0 Å². The van der Waals surface area contributed by atoms with Crippen LogP contribution in [0.3, 0.4) is 0 Å². The van der Waals surface area contributed by atoms with Gasteiger partial charge in [-0.3, -0.25) is 4.79 Å². The zero-order chi connectivity index (χ0) is 12.3. The van der Waals surface area contributed by atoms with Crippen molar-refractivity contribution >= 4 is 5.78 Å². The predicted molar refractivity (Wildman–Crippen MR) is 47.6 cm³/mol. The Balaban J connectivity index is 3.08. The fourth-order valence-corrected chi connectivity index (χ4v) is 1.02. The monoisotopic (exact) mass is 234 g/mol. The summed E-state index contributed by atoms with van der Waals surface area (Å²) in [7, 11) is 0. The SMILES string of the molecule is C=CC(=O)c1cc(F)cc(OC(F)(F)F)c1. The molecule has 0 aromatic heterocycles. The Labute approximate surface area is 88.1 Å². The summed E-state index contributed by atoms with van der Waals surface area (Å²) in [5.41, 5.74) is -0.255. The molecule has 0 unspecified atom stereocenters. The molecule has 0 aliphatic carbocycles. The molecule has 1 aromatic carbocycles. The van der Waals surface area contributed by atoms with Gasteiger partial charge in [0.1, 0.15) is 11.6 Å². The second kappa shape index (κ2) is 4.34. The molecule has 0 N–H and O–H groups in total. The number of rotatable bonds is 3. The topological polar surface area (TPSA) is 26.3 Å². The first-order valence-electron chi connectivity index (χ1n) is 4.05. The van der Waals surface area contributed by atoms with Gasteiger partial charge in [0, 0.05) is 11.6 Å². The van der Waals surface area contributed by atoms with Crippen molar-refractivity contribution in [2.24, 2.45) is 0 Å². The molecule has 0 bridgehead atoms. The summed E-state index contributed by atoms with van der Waals surface area (Å²) in [6, 6.07) is 2.13. The van der Waals surface area contributed by atoms with Crippen LogP contribution in [0.5, 0.6) is 5.75 Å². The molecule has 0 spiro atoms. The van der Waals surface area contributed by atoms with Crippen molar-refractivity contribution < 1.29 is 27.1 Å². The van der Waals surface area contributed by atoms with E-state index in [4.69, 9.17) is 0 Å². The van der Waals surface area contributed by atoms with Gasteiger partial charge in [0.15, 0.2) is 5.78 Å². The number of alkyl halides is 3. The maximum Gasteiger partial charge on any atom is 0.573 e. The fourth-order valence-electron chi connectivity index (χ4n) is 1.02. The second-order valence-corrected chi connectivity index (χ2v) is 2.79. The zero-order valence-corrected chi connectivity index (χ0v) is 7.84. The van der Waals surface area contributed by atoms with Crippen LogP contribution in [0.4, 0.5) is 17.6 Å². The average molecular weight is 234 g/mol. The first-order valence-corrected chi connectivity index (χ1v) is 4.05. The number of hydrogen-bond acceptors (Lipinski definition) is 2. The molecule has 0 heterocycles. The summed E-state index contributed by atoms with van der Waals surface area (Å²) in [4.78, 5) is 11.1. The maximum atomic E-state index is 12.9. The Kier molecular flexibility index (Phi) is 3.31. The number of allylic oxidation sites excluding steroid dienone is 1. The highest BCUT2D eigenvalue weighted by Crippen LogP contribution is 2.24. The van der Waals surface area contributed by atoms with Crippen molar-refractivity contribution in [2.45, 2.75) is 6.36 Å². The molecule has 0 radical (unpaired) electrons. The molecule has 1 rings (SSSR count). The minimum absolute atomic E-state index is 0.255. The molecule has 0 amide bonds. The van der Waals surface area contributed by atoms with Gasteiger partial charge in [-0.1, -0.05) is 6.58 Å². The minimum Gasteiger partial charge on any atom is -0.406 e. The molecule has 0 saturated carbocycles. The lowest BCUT2D eigenvalue weighted by Crippen LogP contribution is -2.17. The van der Waals surface area contributed by atoms with Gasteiger partial charge in [0.05, 0.1) is 0 Å². The summed E-state index contributed by atoms with van der Waals surface area (Å²) in [5.74, 6) is -2.46. The number of ether oxygens (including phenoxy) is 1. The third-order valence-corrected chi connectivity index (χ3v) is 1.57. The van der Waals surface area contributed by atoms with E-state index < -0.39 is 23.7 Å². The maximum absolute atomic E-state index is 12.9. The van der Waals surface area contributed by atoms with Crippen LogP contribution in [-0.2, 0) is 0 Å². The van der Waals surface area contributed by atoms with E-state index in [0.717, 1.165) is 18.2 Å². The van der Waals surface area contributed by atoms with E-state index in [1.165, 1.54) is 0 Å². The van der Waals surface area contributed by atoms with E-state index in [9.17, 15) is 22.4 Å². The van der Waals surface area contributed by atoms with Gasteiger partial charge in [0.2, 0.25) is 0 Å². The van der Waals surface area contributed by atoms with Gasteiger partial charge in [-0.05, 0) is 18.2 Å². The van der Waals surface area contributed by atoms with Crippen molar-refractivity contribution in [3.05, 3.63) is 42.2 Å². The normalized spacial score (nSPS) is 11.0. The third-order valence-electron chi connectivity index (χ3n) is 1.57. The minimum atomic E-state index is -4.93. The van der Waals surface area contributed by atoms with Crippen molar-refractivity contribution in [1.29, 1.82) is 0 Å². The van der Waals surface area contributed by atoms with Crippen LogP contribution in [0, 0.1) is 5.82 Å². The van der Waals surface area contributed by atoms with Gasteiger partial charge >= 0.3 is 6.36 Å². The molecule has 6 heteroatoms. The van der Waals surface area contributed by atoms with E-state index in [1.807, 2.05) is 0 Å². The molecule has 0 saturated heterocycles. The Hall–Kier alpha value is -1.85. The summed E-state index contributed by atoms with van der Waals surface area (Å²) >= 11 is 0. The molecule has 16 heavy (non-hydrogen) atoms. The lowest BCUT2D eigenvalue weighted by atomic mass is 10.1. The molecule has 1 aromatic rings. The number of carbonyl (C=O) groups is 1. The lowest BCUT2D eigenvalue weighted by molar-refractivity contribution is -0.274. The number of ketones is 1. The fraction of sp³-hybridized carbons (Fsp3) is 0.100. The van der Waals surface area contributed by atoms with Crippen LogP contribution in [0.1, 0.15) is 10.4 Å². The first kappa shape index (κ1) is 12.2. The second-order valence-electron chi connectivity index (χ2n) is 2.79. The Morgan fingerprint density at radius 2 is 1.94 bits per heavy atom. The summed E-state index contributed by atoms with van der Waals surface area (Å²) < 4.78 is 51.9. The smallest absolute Gasteiger partial charge is 0.406 e. The van der Waals surface area contributed by atoms with E-state index in [0.29, 0.717) is 6.07 Å². The zero-order valence-electron chi connectivity index (χ0n) is 7.84. The molecule has 0 fully saturated rings. The average Bonchev–Trinajstić information content (AvgIpc) is 2.12. The number of benzene rings is 1. The quantitative estimate of drug-likeness (QED) is 0.456. The van der Waals surface area contributed by atoms with Crippen molar-refractivity contribution in [2.75, 3.05) is 0 Å². The van der Waals surface area contributed by atoms with Crippen LogP contribution in [-0.4, -0.2) is 12.1 Å². The van der Waals surface area contributed by atoms with E-state index >= 15 is 0 Å². The Morgan fingerprint density at radius 3 is 2.44 bits per heavy atom. The Bertz CT molecular complexity index is 423. The van der Waals surface area contributed by atoms with Crippen LogP contribution in [0.2, 0.25) is 0 Å². The molecule has 0 aliphatic rings. The van der Waals surface area contributed by atoms with Crippen LogP contribution < -0.4 is 4.74 Å². The van der Waals surface area contributed by atoms with Crippen molar-refractivity contribution in [1.82, 2.24) is 0 Å². The number of hydrogen-bond donors (Lipinski definition) is 0. The van der Waals surface area contributed by atoms with Gasteiger partial charge in [-0.25, -0.2) is 4.39 Å². The highest BCUT2D eigenvalue weighted by molar-refractivity contribution is 6.04. The number of halogens is 4. The molecular weight excluding hydrogens is 228 g/mol. The van der Waals surface area contributed by atoms with Crippen LogP contribution in [0.15, 0.2) is 30.9 Å². The highest BCUT2D eigenvalue weighted by atomic mass is 19.4. The molecule has 0 aliphatic heterocycles. The third kappa shape index (κ3) is 3.38. The standard InChI is InChI=1S/C10H6F4O2/c1-2-9(15)6-3-7(11)5-8(4-6)16-10(12,13)14/h2-5H,1H2. The Morgan fingerprint density at radius 1 is 1.31 bits per heavy atom. The largest absolute Gasteiger partial charge is 0.573 e. The lowest BCUT2D eigenvalue weighted by Gasteiger charge is -2.09.